The first-order valence-electron chi connectivity index (χ1n) is 18.7. The molecular weight excluding hydrogens is 657 g/mol. The molecule has 2 aromatic heterocycles. The number of anilines is 3. The van der Waals surface area contributed by atoms with Crippen LogP contribution in [0.1, 0.15) is 25.0 Å². The SMILES string of the molecule is CC1(C)c2ccccc2-c2ccc(N(c3ccccc3)c3ccc(-c4ccc(-n5c6ccccc6c6ccccc65)cc4)c4oc5ccccc5c34)cc21. The van der Waals surface area contributed by atoms with Crippen LogP contribution in [0.3, 0.4) is 0 Å². The summed E-state index contributed by atoms with van der Waals surface area (Å²) in [7, 11) is 0. The highest BCUT2D eigenvalue weighted by Gasteiger charge is 2.36. The monoisotopic (exact) mass is 692 g/mol. The van der Waals surface area contributed by atoms with Crippen molar-refractivity contribution in [1.82, 2.24) is 4.57 Å². The smallest absolute Gasteiger partial charge is 0.145 e. The summed E-state index contributed by atoms with van der Waals surface area (Å²) in [4.78, 5) is 2.40. The van der Waals surface area contributed by atoms with Crippen molar-refractivity contribution in [3.63, 3.8) is 0 Å². The van der Waals surface area contributed by atoms with Crippen LogP contribution in [-0.4, -0.2) is 4.57 Å². The Balaban J connectivity index is 1.10. The zero-order valence-electron chi connectivity index (χ0n) is 30.1. The zero-order chi connectivity index (χ0) is 36.0. The molecule has 0 aliphatic heterocycles. The second kappa shape index (κ2) is 11.6. The average molecular weight is 693 g/mol. The van der Waals surface area contributed by atoms with Crippen LogP contribution in [0.5, 0.6) is 0 Å². The van der Waals surface area contributed by atoms with E-state index in [0.29, 0.717) is 0 Å². The Morgan fingerprint density at radius 1 is 0.481 bits per heavy atom. The van der Waals surface area contributed by atoms with Crippen LogP contribution >= 0.6 is 0 Å². The van der Waals surface area contributed by atoms with E-state index >= 15 is 0 Å². The minimum absolute atomic E-state index is 0.114. The van der Waals surface area contributed by atoms with E-state index in [0.717, 1.165) is 55.8 Å². The van der Waals surface area contributed by atoms with E-state index in [1.54, 1.807) is 0 Å². The molecule has 0 saturated carbocycles. The average Bonchev–Trinajstić information content (AvgIpc) is 3.85. The summed E-state index contributed by atoms with van der Waals surface area (Å²) in [5.41, 5.74) is 16.0. The fourth-order valence-corrected chi connectivity index (χ4v) is 9.05. The fourth-order valence-electron chi connectivity index (χ4n) is 9.05. The van der Waals surface area contributed by atoms with E-state index in [1.807, 2.05) is 0 Å². The number of hydrogen-bond donors (Lipinski definition) is 0. The molecule has 1 aliphatic carbocycles. The quantitative estimate of drug-likeness (QED) is 0.179. The number of nitrogens with zero attached hydrogens (tertiary/aromatic N) is 2. The Bertz CT molecular complexity index is 3020. The molecule has 256 valence electrons. The molecule has 0 unspecified atom stereocenters. The summed E-state index contributed by atoms with van der Waals surface area (Å²) in [5.74, 6) is 0. The van der Waals surface area contributed by atoms with E-state index in [9.17, 15) is 0 Å². The van der Waals surface area contributed by atoms with Crippen LogP contribution < -0.4 is 4.90 Å². The van der Waals surface area contributed by atoms with E-state index in [4.69, 9.17) is 4.42 Å². The van der Waals surface area contributed by atoms with Crippen molar-refractivity contribution in [3.8, 4) is 27.9 Å². The predicted molar refractivity (Wildman–Crippen MR) is 226 cm³/mol. The first kappa shape index (κ1) is 30.8. The van der Waals surface area contributed by atoms with Gasteiger partial charge in [0.05, 0.1) is 22.1 Å². The van der Waals surface area contributed by atoms with Crippen molar-refractivity contribution in [2.24, 2.45) is 0 Å². The maximum atomic E-state index is 6.84. The number of fused-ring (bicyclic) bond motifs is 9. The molecule has 3 heteroatoms. The number of furan rings is 1. The number of aromatic nitrogens is 1. The second-order valence-corrected chi connectivity index (χ2v) is 14.9. The highest BCUT2D eigenvalue weighted by atomic mass is 16.3. The summed E-state index contributed by atoms with van der Waals surface area (Å²) in [6.45, 7) is 4.69. The molecule has 0 N–H and O–H groups in total. The molecule has 0 radical (unpaired) electrons. The van der Waals surface area contributed by atoms with Gasteiger partial charge in [-0.3, -0.25) is 0 Å². The number of benzene rings is 8. The molecule has 0 amide bonds. The van der Waals surface area contributed by atoms with E-state index in [1.165, 1.54) is 44.1 Å². The minimum atomic E-state index is -0.114. The standard InChI is InChI=1S/C51H36N2O/c1-51(2)43-20-10-6-16-38(43)39-29-28-36(32-44(39)51)52(34-14-4-3-5-15-34)47-31-30-37(50-49(47)42-19-9-13-23-48(42)54-50)33-24-26-35(27-25-33)53-45-21-11-7-17-40(45)41-18-8-12-22-46(41)53/h3-32H,1-2H3. The Labute approximate surface area is 314 Å². The Kier molecular flexibility index (Phi) is 6.60. The molecule has 0 bridgehead atoms. The van der Waals surface area contributed by atoms with Gasteiger partial charge in [0.1, 0.15) is 11.2 Å². The van der Waals surface area contributed by atoms with Gasteiger partial charge in [-0.1, -0.05) is 129 Å². The van der Waals surface area contributed by atoms with Gasteiger partial charge in [-0.25, -0.2) is 0 Å². The molecule has 1 aliphatic rings. The molecular formula is C51H36N2O. The van der Waals surface area contributed by atoms with E-state index < -0.39 is 0 Å². The van der Waals surface area contributed by atoms with Gasteiger partial charge in [-0.2, -0.15) is 0 Å². The molecule has 3 nitrogen and oxygen atoms in total. The van der Waals surface area contributed by atoms with E-state index in [2.05, 4.69) is 205 Å². The fraction of sp³-hybridized carbons (Fsp3) is 0.0588. The Hall–Kier alpha value is -6.84. The molecule has 0 spiro atoms. The van der Waals surface area contributed by atoms with Gasteiger partial charge in [0.2, 0.25) is 0 Å². The van der Waals surface area contributed by atoms with Crippen LogP contribution in [0.15, 0.2) is 186 Å². The molecule has 0 saturated heterocycles. The lowest BCUT2D eigenvalue weighted by atomic mass is 9.82. The van der Waals surface area contributed by atoms with Gasteiger partial charge in [-0.05, 0) is 94.5 Å². The summed E-state index contributed by atoms with van der Waals surface area (Å²) < 4.78 is 9.20. The van der Waals surface area contributed by atoms with Crippen LogP contribution in [0, 0.1) is 0 Å². The Morgan fingerprint density at radius 2 is 1.09 bits per heavy atom. The molecule has 8 aromatic carbocycles. The molecule has 54 heavy (non-hydrogen) atoms. The first-order chi connectivity index (χ1) is 26.6. The van der Waals surface area contributed by atoms with Gasteiger partial charge in [-0.15, -0.1) is 0 Å². The summed E-state index contributed by atoms with van der Waals surface area (Å²) in [5, 5.41) is 4.72. The van der Waals surface area contributed by atoms with Gasteiger partial charge in [0.15, 0.2) is 0 Å². The van der Waals surface area contributed by atoms with Crippen molar-refractivity contribution < 1.29 is 4.42 Å². The number of para-hydroxylation sites is 4. The highest BCUT2D eigenvalue weighted by molar-refractivity contribution is 6.17. The maximum absolute atomic E-state index is 6.84. The van der Waals surface area contributed by atoms with Gasteiger partial charge in [0.25, 0.3) is 0 Å². The second-order valence-electron chi connectivity index (χ2n) is 14.9. The lowest BCUT2D eigenvalue weighted by molar-refractivity contribution is 0.660. The van der Waals surface area contributed by atoms with Gasteiger partial charge >= 0.3 is 0 Å². The molecule has 0 fully saturated rings. The lowest BCUT2D eigenvalue weighted by Crippen LogP contribution is -2.16. The van der Waals surface area contributed by atoms with Crippen LogP contribution in [0.4, 0.5) is 17.1 Å². The minimum Gasteiger partial charge on any atom is -0.455 e. The van der Waals surface area contributed by atoms with Crippen molar-refractivity contribution in [2.45, 2.75) is 19.3 Å². The normalized spacial score (nSPS) is 13.1. The number of rotatable bonds is 5. The third kappa shape index (κ3) is 4.42. The third-order valence-electron chi connectivity index (χ3n) is 11.6. The maximum Gasteiger partial charge on any atom is 0.145 e. The van der Waals surface area contributed by atoms with Crippen LogP contribution in [-0.2, 0) is 5.41 Å². The van der Waals surface area contributed by atoms with Crippen LogP contribution in [0.2, 0.25) is 0 Å². The predicted octanol–water partition coefficient (Wildman–Crippen LogP) is 14.1. The van der Waals surface area contributed by atoms with Crippen LogP contribution in [0.25, 0.3) is 71.7 Å². The van der Waals surface area contributed by atoms with Gasteiger partial charge in [0, 0.05) is 44.2 Å². The first-order valence-corrected chi connectivity index (χ1v) is 18.7. The largest absolute Gasteiger partial charge is 0.455 e. The highest BCUT2D eigenvalue weighted by Crippen LogP contribution is 2.52. The van der Waals surface area contributed by atoms with E-state index in [-0.39, 0.29) is 5.41 Å². The zero-order valence-corrected chi connectivity index (χ0v) is 30.1. The molecule has 11 rings (SSSR count). The molecule has 10 aromatic rings. The molecule has 0 atom stereocenters. The van der Waals surface area contributed by atoms with Crippen molar-refractivity contribution in [2.75, 3.05) is 4.90 Å². The summed E-state index contributed by atoms with van der Waals surface area (Å²) in [6.07, 6.45) is 0. The summed E-state index contributed by atoms with van der Waals surface area (Å²) in [6, 6.07) is 65.7. The Morgan fingerprint density at radius 3 is 1.85 bits per heavy atom. The summed E-state index contributed by atoms with van der Waals surface area (Å²) >= 11 is 0. The van der Waals surface area contributed by atoms with Gasteiger partial charge < -0.3 is 13.9 Å². The van der Waals surface area contributed by atoms with Crippen molar-refractivity contribution in [1.29, 1.82) is 0 Å². The lowest BCUT2D eigenvalue weighted by Gasteiger charge is -2.29. The van der Waals surface area contributed by atoms with Crippen molar-refractivity contribution in [3.05, 3.63) is 193 Å². The molecule has 2 heterocycles. The van der Waals surface area contributed by atoms with Crippen molar-refractivity contribution >= 4 is 60.8 Å². The number of hydrogen-bond acceptors (Lipinski definition) is 2. The topological polar surface area (TPSA) is 21.3 Å². The third-order valence-corrected chi connectivity index (χ3v) is 11.6.